The van der Waals surface area contributed by atoms with E-state index in [0.29, 0.717) is 27.2 Å². The number of fused-ring (bicyclic) bond motifs is 1. The minimum Gasteiger partial charge on any atom is -0.480 e. The van der Waals surface area contributed by atoms with Crippen LogP contribution in [0.2, 0.25) is 5.02 Å². The number of anilines is 1. The Balaban J connectivity index is 1.88. The van der Waals surface area contributed by atoms with Gasteiger partial charge in [0.15, 0.2) is 0 Å². The number of pyridine rings is 1. The van der Waals surface area contributed by atoms with Crippen LogP contribution < -0.4 is 5.32 Å². The van der Waals surface area contributed by atoms with Gasteiger partial charge >= 0.3 is 5.97 Å². The van der Waals surface area contributed by atoms with Gasteiger partial charge in [0.1, 0.15) is 23.5 Å². The highest BCUT2D eigenvalue weighted by molar-refractivity contribution is 6.30. The third-order valence-electron chi connectivity index (χ3n) is 5.11. The zero-order valence-electron chi connectivity index (χ0n) is 16.9. The van der Waals surface area contributed by atoms with Crippen LogP contribution in [-0.4, -0.2) is 22.1 Å². The molecule has 158 valence electrons. The maximum Gasteiger partial charge on any atom is 0.325 e. The van der Waals surface area contributed by atoms with E-state index in [0.717, 1.165) is 11.1 Å². The Morgan fingerprint density at radius 1 is 1.09 bits per heavy atom. The predicted octanol–water partition coefficient (Wildman–Crippen LogP) is 6.12. The Morgan fingerprint density at radius 3 is 2.47 bits per heavy atom. The van der Waals surface area contributed by atoms with Gasteiger partial charge in [-0.3, -0.25) is 4.79 Å². The number of nitriles is 1. The molecule has 2 N–H and O–H groups in total. The second-order valence-corrected chi connectivity index (χ2v) is 7.71. The normalized spacial score (nSPS) is 11.7. The van der Waals surface area contributed by atoms with E-state index in [1.165, 1.54) is 25.1 Å². The summed E-state index contributed by atoms with van der Waals surface area (Å²) in [5.74, 6) is -1.60. The summed E-state index contributed by atoms with van der Waals surface area (Å²) in [6.45, 7) is 1.45. The standard InChI is InChI=1S/C25H17ClFN3O2/c1-14(25(31)32)29-24-20-12-19(27)9-10-22(20)30-23(21(24)13-28)16-7-5-15(6-8-16)17-3-2-4-18(26)11-17/h2-12,14H,1H3,(H,29,30)(H,31,32). The van der Waals surface area contributed by atoms with Crippen molar-refractivity contribution in [1.29, 1.82) is 5.26 Å². The van der Waals surface area contributed by atoms with Crippen LogP contribution in [0, 0.1) is 17.1 Å². The summed E-state index contributed by atoms with van der Waals surface area (Å²) in [4.78, 5) is 16.0. The molecule has 1 aromatic heterocycles. The van der Waals surface area contributed by atoms with Crippen molar-refractivity contribution in [2.75, 3.05) is 5.32 Å². The zero-order chi connectivity index (χ0) is 22.8. The molecular formula is C25H17ClFN3O2. The van der Waals surface area contributed by atoms with Gasteiger partial charge in [0, 0.05) is 16.0 Å². The summed E-state index contributed by atoms with van der Waals surface area (Å²) in [5.41, 5.74) is 3.76. The summed E-state index contributed by atoms with van der Waals surface area (Å²) in [6.07, 6.45) is 0. The van der Waals surface area contributed by atoms with E-state index in [4.69, 9.17) is 11.6 Å². The van der Waals surface area contributed by atoms with Crippen LogP contribution in [-0.2, 0) is 4.79 Å². The van der Waals surface area contributed by atoms with E-state index in [2.05, 4.69) is 16.4 Å². The smallest absolute Gasteiger partial charge is 0.325 e. The number of hydrogen-bond donors (Lipinski definition) is 2. The number of carbonyl (C=O) groups is 1. The van der Waals surface area contributed by atoms with Crippen LogP contribution in [0.3, 0.4) is 0 Å². The number of aromatic nitrogens is 1. The van der Waals surface area contributed by atoms with Gasteiger partial charge in [-0.1, -0.05) is 48.0 Å². The fourth-order valence-electron chi connectivity index (χ4n) is 3.47. The number of halogens is 2. The molecule has 0 bridgehead atoms. The first kappa shape index (κ1) is 21.3. The molecule has 0 aliphatic carbocycles. The molecule has 0 aliphatic heterocycles. The average Bonchev–Trinajstić information content (AvgIpc) is 2.79. The molecule has 7 heteroatoms. The van der Waals surface area contributed by atoms with Crippen molar-refractivity contribution in [3.05, 3.63) is 83.1 Å². The summed E-state index contributed by atoms with van der Waals surface area (Å²) in [5, 5.41) is 23.1. The molecule has 1 atom stereocenters. The Hall–Kier alpha value is -3.95. The van der Waals surface area contributed by atoms with Crippen molar-refractivity contribution in [3.8, 4) is 28.5 Å². The number of benzene rings is 3. The fourth-order valence-corrected chi connectivity index (χ4v) is 3.66. The molecule has 0 radical (unpaired) electrons. The van der Waals surface area contributed by atoms with Gasteiger partial charge in [0.05, 0.1) is 16.9 Å². The van der Waals surface area contributed by atoms with Gasteiger partial charge in [-0.2, -0.15) is 5.26 Å². The first-order valence-electron chi connectivity index (χ1n) is 9.76. The summed E-state index contributed by atoms with van der Waals surface area (Å²) in [6, 6.07) is 20.1. The Labute approximate surface area is 188 Å². The number of nitrogens with one attached hydrogen (secondary N) is 1. The molecule has 4 rings (SSSR count). The van der Waals surface area contributed by atoms with E-state index in [1.54, 1.807) is 6.07 Å². The Morgan fingerprint density at radius 2 is 1.81 bits per heavy atom. The lowest BCUT2D eigenvalue weighted by Gasteiger charge is -2.17. The molecule has 0 fully saturated rings. The molecule has 5 nitrogen and oxygen atoms in total. The van der Waals surface area contributed by atoms with Crippen LogP contribution >= 0.6 is 11.6 Å². The van der Waals surface area contributed by atoms with Crippen molar-refractivity contribution in [3.63, 3.8) is 0 Å². The number of rotatable bonds is 5. The second-order valence-electron chi connectivity index (χ2n) is 7.28. The van der Waals surface area contributed by atoms with E-state index in [9.17, 15) is 19.6 Å². The molecule has 0 saturated heterocycles. The summed E-state index contributed by atoms with van der Waals surface area (Å²) in [7, 11) is 0. The maximum absolute atomic E-state index is 13.9. The monoisotopic (exact) mass is 445 g/mol. The molecule has 3 aromatic carbocycles. The van der Waals surface area contributed by atoms with Crippen molar-refractivity contribution in [1.82, 2.24) is 4.98 Å². The highest BCUT2D eigenvalue weighted by Gasteiger charge is 2.20. The van der Waals surface area contributed by atoms with Crippen LogP contribution in [0.5, 0.6) is 0 Å². The molecular weight excluding hydrogens is 429 g/mol. The SMILES string of the molecule is CC(Nc1c(C#N)c(-c2ccc(-c3cccc(Cl)c3)cc2)nc2ccc(F)cc12)C(=O)O. The van der Waals surface area contributed by atoms with Gasteiger partial charge in [0.25, 0.3) is 0 Å². The number of hydrogen-bond acceptors (Lipinski definition) is 4. The molecule has 1 unspecified atom stereocenters. The lowest BCUT2D eigenvalue weighted by atomic mass is 9.98. The van der Waals surface area contributed by atoms with Crippen molar-refractivity contribution < 1.29 is 14.3 Å². The van der Waals surface area contributed by atoms with Crippen molar-refractivity contribution in [2.24, 2.45) is 0 Å². The number of carboxylic acids is 1. The molecule has 0 aliphatic rings. The highest BCUT2D eigenvalue weighted by atomic mass is 35.5. The second kappa shape index (κ2) is 8.66. The molecule has 1 heterocycles. The van der Waals surface area contributed by atoms with Crippen LogP contribution in [0.15, 0.2) is 66.7 Å². The largest absolute Gasteiger partial charge is 0.480 e. The molecule has 0 saturated carbocycles. The highest BCUT2D eigenvalue weighted by Crippen LogP contribution is 2.35. The lowest BCUT2D eigenvalue weighted by molar-refractivity contribution is -0.137. The number of aliphatic carboxylic acids is 1. The van der Waals surface area contributed by atoms with Crippen molar-refractivity contribution in [2.45, 2.75) is 13.0 Å². The van der Waals surface area contributed by atoms with E-state index < -0.39 is 17.8 Å². The Bertz CT molecular complexity index is 1380. The van der Waals surface area contributed by atoms with Crippen LogP contribution in [0.25, 0.3) is 33.3 Å². The predicted molar refractivity (Wildman–Crippen MR) is 123 cm³/mol. The third kappa shape index (κ3) is 4.11. The molecule has 4 aromatic rings. The molecule has 0 amide bonds. The first-order chi connectivity index (χ1) is 15.4. The third-order valence-corrected chi connectivity index (χ3v) is 5.34. The fraction of sp³-hybridized carbons (Fsp3) is 0.0800. The maximum atomic E-state index is 13.9. The van der Waals surface area contributed by atoms with E-state index in [1.807, 2.05) is 42.5 Å². The van der Waals surface area contributed by atoms with Crippen LogP contribution in [0.1, 0.15) is 12.5 Å². The lowest BCUT2D eigenvalue weighted by Crippen LogP contribution is -2.26. The summed E-state index contributed by atoms with van der Waals surface area (Å²) >= 11 is 6.09. The average molecular weight is 446 g/mol. The molecule has 0 spiro atoms. The van der Waals surface area contributed by atoms with Gasteiger partial charge < -0.3 is 10.4 Å². The topological polar surface area (TPSA) is 86.0 Å². The minimum atomic E-state index is -1.09. The van der Waals surface area contributed by atoms with Gasteiger partial charge in [-0.05, 0) is 48.4 Å². The van der Waals surface area contributed by atoms with Gasteiger partial charge in [0.2, 0.25) is 0 Å². The first-order valence-corrected chi connectivity index (χ1v) is 10.1. The quantitative estimate of drug-likeness (QED) is 0.386. The van der Waals surface area contributed by atoms with E-state index in [-0.39, 0.29) is 11.3 Å². The van der Waals surface area contributed by atoms with Crippen LogP contribution in [0.4, 0.5) is 10.1 Å². The van der Waals surface area contributed by atoms with Crippen molar-refractivity contribution >= 4 is 34.2 Å². The van der Waals surface area contributed by atoms with Gasteiger partial charge in [-0.25, -0.2) is 9.37 Å². The Kier molecular flexibility index (Phi) is 5.76. The zero-order valence-corrected chi connectivity index (χ0v) is 17.7. The summed E-state index contributed by atoms with van der Waals surface area (Å²) < 4.78 is 13.9. The van der Waals surface area contributed by atoms with E-state index >= 15 is 0 Å². The van der Waals surface area contributed by atoms with Gasteiger partial charge in [-0.15, -0.1) is 0 Å². The minimum absolute atomic E-state index is 0.145. The molecule has 32 heavy (non-hydrogen) atoms. The number of carboxylic acid groups (broad SMARTS) is 1. The number of nitrogens with zero attached hydrogens (tertiary/aromatic N) is 2.